The highest BCUT2D eigenvalue weighted by molar-refractivity contribution is 6.67. The summed E-state index contributed by atoms with van der Waals surface area (Å²) >= 11 is 5.41. The Labute approximate surface area is 94.5 Å². The number of benzene rings is 1. The Kier molecular flexibility index (Phi) is 3.16. The number of hydrogen-bond acceptors (Lipinski definition) is 2. The fourth-order valence-electron chi connectivity index (χ4n) is 1.24. The van der Waals surface area contributed by atoms with Crippen LogP contribution in [0.25, 0.3) is 0 Å². The molecule has 1 rings (SSSR count). The first-order valence-corrected chi connectivity index (χ1v) is 4.98. The molecule has 0 unspecified atom stereocenters. The van der Waals surface area contributed by atoms with Crippen LogP contribution in [0.4, 0.5) is 0 Å². The molecule has 3 heteroatoms. The zero-order valence-electron chi connectivity index (χ0n) is 8.97. The molecule has 0 N–H and O–H groups in total. The number of carbonyl (C=O) groups is 1. The maximum Gasteiger partial charge on any atom is 0.252 e. The summed E-state index contributed by atoms with van der Waals surface area (Å²) in [5.74, 6) is 0. The Balaban J connectivity index is 3.38. The van der Waals surface area contributed by atoms with Gasteiger partial charge in [0, 0.05) is 5.56 Å². The van der Waals surface area contributed by atoms with E-state index in [0.29, 0.717) is 11.1 Å². The number of nitriles is 1. The van der Waals surface area contributed by atoms with Gasteiger partial charge in [-0.25, -0.2) is 0 Å². The Hall–Kier alpha value is -1.33. The molecule has 0 atom stereocenters. The van der Waals surface area contributed by atoms with E-state index in [1.165, 1.54) is 6.07 Å². The predicted octanol–water partition coefficient (Wildman–Crippen LogP) is 3.23. The zero-order valence-corrected chi connectivity index (χ0v) is 9.72. The van der Waals surface area contributed by atoms with Crippen LogP contribution in [-0.4, -0.2) is 5.24 Å². The summed E-state index contributed by atoms with van der Waals surface area (Å²) in [6, 6.07) is 7.04. The summed E-state index contributed by atoms with van der Waals surface area (Å²) < 4.78 is 0. The molecule has 0 radical (unpaired) electrons. The van der Waals surface area contributed by atoms with E-state index in [1.54, 1.807) is 12.1 Å². The molecule has 0 saturated carbocycles. The first-order chi connectivity index (χ1) is 6.84. The van der Waals surface area contributed by atoms with Crippen LogP contribution < -0.4 is 0 Å². The second kappa shape index (κ2) is 4.04. The minimum absolute atomic E-state index is 0.103. The van der Waals surface area contributed by atoms with Gasteiger partial charge in [-0.15, -0.1) is 0 Å². The van der Waals surface area contributed by atoms with Crippen molar-refractivity contribution in [2.75, 3.05) is 0 Å². The Morgan fingerprint density at radius 2 is 1.93 bits per heavy atom. The highest BCUT2D eigenvalue weighted by Gasteiger charge is 2.16. The topological polar surface area (TPSA) is 40.9 Å². The predicted molar refractivity (Wildman–Crippen MR) is 60.0 cm³/mol. The van der Waals surface area contributed by atoms with E-state index >= 15 is 0 Å². The minimum Gasteiger partial charge on any atom is -0.276 e. The molecule has 0 bridgehead atoms. The lowest BCUT2D eigenvalue weighted by molar-refractivity contribution is 0.108. The van der Waals surface area contributed by atoms with Gasteiger partial charge in [0.1, 0.15) is 0 Å². The van der Waals surface area contributed by atoms with Crippen LogP contribution in [0, 0.1) is 11.3 Å². The van der Waals surface area contributed by atoms with Crippen molar-refractivity contribution in [1.29, 1.82) is 5.26 Å². The average Bonchev–Trinajstić information content (AvgIpc) is 2.15. The first-order valence-electron chi connectivity index (χ1n) is 4.60. The Bertz CT molecular complexity index is 438. The third-order valence-corrected chi connectivity index (χ3v) is 2.37. The molecular formula is C12H12ClNO. The second-order valence-electron chi connectivity index (χ2n) is 4.43. The van der Waals surface area contributed by atoms with Crippen molar-refractivity contribution in [3.05, 3.63) is 34.9 Å². The number of nitrogens with zero attached hydrogens (tertiary/aromatic N) is 1. The number of rotatable bonds is 1. The van der Waals surface area contributed by atoms with Gasteiger partial charge in [0.25, 0.3) is 5.24 Å². The lowest BCUT2D eigenvalue weighted by Gasteiger charge is -2.19. The van der Waals surface area contributed by atoms with Gasteiger partial charge in [-0.2, -0.15) is 5.26 Å². The van der Waals surface area contributed by atoms with E-state index in [2.05, 4.69) is 0 Å². The first kappa shape index (κ1) is 11.7. The normalized spacial score (nSPS) is 10.9. The van der Waals surface area contributed by atoms with E-state index in [1.807, 2.05) is 26.8 Å². The largest absolute Gasteiger partial charge is 0.276 e. The van der Waals surface area contributed by atoms with E-state index in [0.717, 1.165) is 5.56 Å². The van der Waals surface area contributed by atoms with E-state index < -0.39 is 5.24 Å². The third-order valence-electron chi connectivity index (χ3n) is 2.16. The summed E-state index contributed by atoms with van der Waals surface area (Å²) in [7, 11) is 0. The molecule has 0 spiro atoms. The van der Waals surface area contributed by atoms with Gasteiger partial charge in [-0.3, -0.25) is 4.79 Å². The van der Waals surface area contributed by atoms with Gasteiger partial charge < -0.3 is 0 Å². The van der Waals surface area contributed by atoms with E-state index in [4.69, 9.17) is 16.9 Å². The highest BCUT2D eigenvalue weighted by atomic mass is 35.5. The maximum absolute atomic E-state index is 11.0. The number of carbonyl (C=O) groups excluding carboxylic acids is 1. The van der Waals surface area contributed by atoms with Crippen LogP contribution in [0.1, 0.15) is 42.3 Å². The van der Waals surface area contributed by atoms with Gasteiger partial charge in [-0.05, 0) is 40.8 Å². The molecule has 2 nitrogen and oxygen atoms in total. The number of hydrogen-bond donors (Lipinski definition) is 0. The summed E-state index contributed by atoms with van der Waals surface area (Å²) in [4.78, 5) is 11.0. The van der Waals surface area contributed by atoms with E-state index in [9.17, 15) is 4.79 Å². The molecule has 0 aromatic heterocycles. The van der Waals surface area contributed by atoms with Crippen molar-refractivity contribution in [3.8, 4) is 6.07 Å². The second-order valence-corrected chi connectivity index (χ2v) is 4.78. The van der Waals surface area contributed by atoms with Crippen LogP contribution in [0.15, 0.2) is 18.2 Å². The van der Waals surface area contributed by atoms with E-state index in [-0.39, 0.29) is 5.41 Å². The third kappa shape index (κ3) is 2.81. The molecule has 0 aliphatic heterocycles. The van der Waals surface area contributed by atoms with Gasteiger partial charge in [0.15, 0.2) is 0 Å². The van der Waals surface area contributed by atoms with Gasteiger partial charge >= 0.3 is 0 Å². The molecule has 0 amide bonds. The lowest BCUT2D eigenvalue weighted by atomic mass is 9.85. The standard InChI is InChI=1S/C12H12ClNO/c1-12(2,3)10-5-8(7-14)4-9(6-10)11(13)15/h4-6H,1-3H3. The highest BCUT2D eigenvalue weighted by Crippen LogP contribution is 2.25. The molecule has 78 valence electrons. The molecule has 15 heavy (non-hydrogen) atoms. The van der Waals surface area contributed by atoms with Crippen LogP contribution in [0.2, 0.25) is 0 Å². The van der Waals surface area contributed by atoms with Gasteiger partial charge in [0.2, 0.25) is 0 Å². The minimum atomic E-state index is -0.530. The quantitative estimate of drug-likeness (QED) is 0.683. The average molecular weight is 222 g/mol. The molecule has 0 heterocycles. The fraction of sp³-hybridized carbons (Fsp3) is 0.333. The van der Waals surface area contributed by atoms with Gasteiger partial charge in [-0.1, -0.05) is 20.8 Å². The molecule has 0 aliphatic carbocycles. The molecule has 0 aliphatic rings. The van der Waals surface area contributed by atoms with Crippen LogP contribution in [-0.2, 0) is 5.41 Å². The Morgan fingerprint density at radius 1 is 1.33 bits per heavy atom. The van der Waals surface area contributed by atoms with Crippen molar-refractivity contribution in [2.24, 2.45) is 0 Å². The van der Waals surface area contributed by atoms with Gasteiger partial charge in [0.05, 0.1) is 11.6 Å². The fourth-order valence-corrected chi connectivity index (χ4v) is 1.35. The maximum atomic E-state index is 11.0. The molecular weight excluding hydrogens is 210 g/mol. The molecule has 1 aromatic carbocycles. The van der Waals surface area contributed by atoms with Crippen molar-refractivity contribution < 1.29 is 4.79 Å². The Morgan fingerprint density at radius 3 is 2.33 bits per heavy atom. The van der Waals surface area contributed by atoms with Crippen LogP contribution >= 0.6 is 11.6 Å². The molecule has 1 aromatic rings. The smallest absolute Gasteiger partial charge is 0.252 e. The zero-order chi connectivity index (χ0) is 11.6. The monoisotopic (exact) mass is 221 g/mol. The lowest BCUT2D eigenvalue weighted by Crippen LogP contribution is -2.12. The van der Waals surface area contributed by atoms with Crippen molar-refractivity contribution >= 4 is 16.8 Å². The molecule has 0 fully saturated rings. The van der Waals surface area contributed by atoms with Crippen molar-refractivity contribution in [1.82, 2.24) is 0 Å². The van der Waals surface area contributed by atoms with Crippen LogP contribution in [0.5, 0.6) is 0 Å². The summed E-state index contributed by atoms with van der Waals surface area (Å²) in [5, 5.41) is 8.30. The van der Waals surface area contributed by atoms with Crippen molar-refractivity contribution in [2.45, 2.75) is 26.2 Å². The summed E-state index contributed by atoms with van der Waals surface area (Å²) in [5.41, 5.74) is 1.67. The summed E-state index contributed by atoms with van der Waals surface area (Å²) in [6.07, 6.45) is 0. The summed E-state index contributed by atoms with van der Waals surface area (Å²) in [6.45, 7) is 6.06. The SMILES string of the molecule is CC(C)(C)c1cc(C#N)cc(C(=O)Cl)c1. The van der Waals surface area contributed by atoms with Crippen LogP contribution in [0.3, 0.4) is 0 Å². The molecule has 0 saturated heterocycles. The number of halogens is 1. The van der Waals surface area contributed by atoms with Crippen molar-refractivity contribution in [3.63, 3.8) is 0 Å².